The summed E-state index contributed by atoms with van der Waals surface area (Å²) in [5, 5.41) is 3.06. The van der Waals surface area contributed by atoms with Gasteiger partial charge in [-0.3, -0.25) is 4.79 Å². The molecule has 2 saturated heterocycles. The Morgan fingerprint density at radius 2 is 1.54 bits per heavy atom. The van der Waals surface area contributed by atoms with E-state index in [9.17, 15) is 4.79 Å². The summed E-state index contributed by atoms with van der Waals surface area (Å²) in [6.45, 7) is 4.68. The molecule has 7 nitrogen and oxygen atoms in total. The number of ether oxygens (including phenoxy) is 5. The molecule has 3 unspecified atom stereocenters. The summed E-state index contributed by atoms with van der Waals surface area (Å²) in [5.41, 5.74) is 3.16. The average Bonchev–Trinajstić information content (AvgIpc) is 2.97. The minimum atomic E-state index is -0.532. The Labute approximate surface area is 230 Å². The quantitative estimate of drug-likeness (QED) is 0.405. The number of carbonyl (C=O) groups is 1. The number of benzene rings is 3. The predicted molar refractivity (Wildman–Crippen MR) is 147 cm³/mol. The fraction of sp³-hybridized carbons (Fsp3) is 0.406. The first kappa shape index (κ1) is 27.5. The number of rotatable bonds is 10. The van der Waals surface area contributed by atoms with Crippen LogP contribution in [0, 0.1) is 5.92 Å². The van der Waals surface area contributed by atoms with Crippen LogP contribution in [0.1, 0.15) is 36.8 Å². The Kier molecular flexibility index (Phi) is 9.40. The van der Waals surface area contributed by atoms with E-state index < -0.39 is 24.8 Å². The molecule has 0 aliphatic carbocycles. The third-order valence-electron chi connectivity index (χ3n) is 7.17. The van der Waals surface area contributed by atoms with Crippen molar-refractivity contribution in [3.05, 3.63) is 108 Å². The smallest absolute Gasteiger partial charge is 0.246 e. The van der Waals surface area contributed by atoms with E-state index in [0.29, 0.717) is 13.2 Å². The maximum absolute atomic E-state index is 12.9. The van der Waals surface area contributed by atoms with Gasteiger partial charge in [-0.1, -0.05) is 97.9 Å². The van der Waals surface area contributed by atoms with E-state index in [0.717, 1.165) is 17.5 Å². The Morgan fingerprint density at radius 1 is 0.897 bits per heavy atom. The summed E-state index contributed by atoms with van der Waals surface area (Å²) in [6, 6.07) is 29.9. The van der Waals surface area contributed by atoms with Crippen molar-refractivity contribution in [1.29, 1.82) is 0 Å². The lowest BCUT2D eigenvalue weighted by atomic mass is 9.91. The first-order chi connectivity index (χ1) is 19.1. The molecule has 2 aliphatic heterocycles. The third kappa shape index (κ3) is 7.32. The zero-order valence-corrected chi connectivity index (χ0v) is 22.5. The number of fused-ring (bicyclic) bond motifs is 1. The zero-order chi connectivity index (χ0) is 27.0. The predicted octanol–water partition coefficient (Wildman–Crippen LogP) is 4.81. The van der Waals surface area contributed by atoms with Crippen LogP contribution in [0.25, 0.3) is 0 Å². The summed E-state index contributed by atoms with van der Waals surface area (Å²) in [7, 11) is 0. The molecule has 3 aromatic carbocycles. The van der Waals surface area contributed by atoms with E-state index in [4.69, 9.17) is 23.7 Å². The monoisotopic (exact) mass is 531 g/mol. The molecule has 5 rings (SSSR count). The van der Waals surface area contributed by atoms with Gasteiger partial charge in [0.25, 0.3) is 0 Å². The van der Waals surface area contributed by atoms with Crippen molar-refractivity contribution in [2.45, 2.75) is 63.8 Å². The Morgan fingerprint density at radius 3 is 2.23 bits per heavy atom. The van der Waals surface area contributed by atoms with E-state index in [1.54, 1.807) is 0 Å². The molecule has 1 N–H and O–H groups in total. The van der Waals surface area contributed by atoms with E-state index in [2.05, 4.69) is 17.4 Å². The van der Waals surface area contributed by atoms with Gasteiger partial charge in [0.2, 0.25) is 5.91 Å². The highest BCUT2D eigenvalue weighted by molar-refractivity contribution is 5.77. The van der Waals surface area contributed by atoms with Crippen LogP contribution in [0.3, 0.4) is 0 Å². The van der Waals surface area contributed by atoms with Crippen LogP contribution in [-0.4, -0.2) is 49.8 Å². The molecule has 2 heterocycles. The Hall–Kier alpha value is -3.07. The standard InChI is InChI=1S/C32H37NO6/c1-22(18-24-12-6-3-7-13-24)33-28(34)21-35-29-23(2)31(36-19-25-14-8-4-9-15-25)38-27-20-37-32(39-30(27)29)26-16-10-5-11-17-26/h3-17,22-23,27,29-32H,18-21H2,1-2H3,(H,33,34)/t22-,23-,27?,29?,30+,31-,32?/m0/s1. The van der Waals surface area contributed by atoms with E-state index >= 15 is 0 Å². The first-order valence-electron chi connectivity index (χ1n) is 13.6. The molecule has 3 aromatic rings. The molecule has 0 aromatic heterocycles. The summed E-state index contributed by atoms with van der Waals surface area (Å²) >= 11 is 0. The van der Waals surface area contributed by atoms with Crippen LogP contribution in [0.15, 0.2) is 91.0 Å². The lowest BCUT2D eigenvalue weighted by Crippen LogP contribution is -2.60. The molecule has 39 heavy (non-hydrogen) atoms. The molecule has 2 fully saturated rings. The van der Waals surface area contributed by atoms with Crippen molar-refractivity contribution in [2.24, 2.45) is 5.92 Å². The van der Waals surface area contributed by atoms with Gasteiger partial charge < -0.3 is 29.0 Å². The van der Waals surface area contributed by atoms with Crippen molar-refractivity contribution < 1.29 is 28.5 Å². The van der Waals surface area contributed by atoms with E-state index in [1.807, 2.05) is 92.7 Å². The van der Waals surface area contributed by atoms with Gasteiger partial charge in [-0.25, -0.2) is 0 Å². The van der Waals surface area contributed by atoms with Crippen LogP contribution in [0.5, 0.6) is 0 Å². The highest BCUT2D eigenvalue weighted by Crippen LogP contribution is 2.38. The molecule has 7 atom stereocenters. The van der Waals surface area contributed by atoms with Gasteiger partial charge in [0.15, 0.2) is 12.6 Å². The van der Waals surface area contributed by atoms with Crippen LogP contribution in [0.2, 0.25) is 0 Å². The second-order valence-corrected chi connectivity index (χ2v) is 10.3. The van der Waals surface area contributed by atoms with Gasteiger partial charge >= 0.3 is 0 Å². The summed E-state index contributed by atoms with van der Waals surface area (Å²) in [4.78, 5) is 12.9. The minimum Gasteiger partial charge on any atom is -0.365 e. The molecule has 1 amide bonds. The van der Waals surface area contributed by atoms with Gasteiger partial charge in [-0.05, 0) is 24.5 Å². The lowest BCUT2D eigenvalue weighted by Gasteiger charge is -2.48. The second kappa shape index (κ2) is 13.3. The summed E-state index contributed by atoms with van der Waals surface area (Å²) in [5.74, 6) is -0.346. The van der Waals surface area contributed by atoms with Gasteiger partial charge in [0, 0.05) is 17.5 Å². The number of hydrogen-bond acceptors (Lipinski definition) is 6. The SMILES string of the molecule is C[C@@H](Cc1ccccc1)NC(=O)COC1[C@@H]2OC(c3ccccc3)OCC2O[C@H](OCc2ccccc2)[C@H]1C. The van der Waals surface area contributed by atoms with Gasteiger partial charge in [-0.15, -0.1) is 0 Å². The van der Waals surface area contributed by atoms with E-state index in [1.165, 1.54) is 5.56 Å². The average molecular weight is 532 g/mol. The molecule has 7 heteroatoms. The van der Waals surface area contributed by atoms with Crippen LogP contribution in [-0.2, 0) is 41.5 Å². The maximum atomic E-state index is 12.9. The molecule has 0 radical (unpaired) electrons. The van der Waals surface area contributed by atoms with E-state index in [-0.39, 0.29) is 30.6 Å². The normalized spacial score (nSPS) is 27.3. The zero-order valence-electron chi connectivity index (χ0n) is 22.5. The number of nitrogens with one attached hydrogen (secondary N) is 1. The fourth-order valence-corrected chi connectivity index (χ4v) is 5.19. The minimum absolute atomic E-state index is 0.0212. The third-order valence-corrected chi connectivity index (χ3v) is 7.17. The number of amides is 1. The molecule has 0 bridgehead atoms. The van der Waals surface area contributed by atoms with Crippen LogP contribution in [0.4, 0.5) is 0 Å². The Bertz CT molecular complexity index is 1160. The van der Waals surface area contributed by atoms with Crippen molar-refractivity contribution in [3.8, 4) is 0 Å². The number of carbonyl (C=O) groups excluding carboxylic acids is 1. The Balaban J connectivity index is 1.24. The largest absolute Gasteiger partial charge is 0.365 e. The number of hydrogen-bond donors (Lipinski definition) is 1. The molecule has 206 valence electrons. The van der Waals surface area contributed by atoms with Crippen LogP contribution < -0.4 is 5.32 Å². The topological polar surface area (TPSA) is 75.3 Å². The van der Waals surface area contributed by atoms with Gasteiger partial charge in [0.1, 0.15) is 18.8 Å². The highest BCUT2D eigenvalue weighted by Gasteiger charge is 2.49. The summed E-state index contributed by atoms with van der Waals surface area (Å²) in [6.07, 6.45) is -1.53. The molecule has 2 aliphatic rings. The van der Waals surface area contributed by atoms with Gasteiger partial charge in [-0.2, -0.15) is 0 Å². The van der Waals surface area contributed by atoms with Gasteiger partial charge in [0.05, 0.1) is 19.3 Å². The molecular formula is C32H37NO6. The first-order valence-corrected chi connectivity index (χ1v) is 13.6. The fourth-order valence-electron chi connectivity index (χ4n) is 5.19. The molecular weight excluding hydrogens is 494 g/mol. The second-order valence-electron chi connectivity index (χ2n) is 10.3. The maximum Gasteiger partial charge on any atom is 0.246 e. The van der Waals surface area contributed by atoms with Crippen molar-refractivity contribution in [1.82, 2.24) is 5.32 Å². The summed E-state index contributed by atoms with van der Waals surface area (Å²) < 4.78 is 31.2. The highest BCUT2D eigenvalue weighted by atomic mass is 16.7. The molecule has 0 saturated carbocycles. The van der Waals surface area contributed by atoms with Crippen molar-refractivity contribution >= 4 is 5.91 Å². The molecule has 0 spiro atoms. The van der Waals surface area contributed by atoms with Crippen molar-refractivity contribution in [2.75, 3.05) is 13.2 Å². The van der Waals surface area contributed by atoms with Crippen LogP contribution >= 0.6 is 0 Å². The lowest BCUT2D eigenvalue weighted by molar-refractivity contribution is -0.357. The van der Waals surface area contributed by atoms with Crippen molar-refractivity contribution in [3.63, 3.8) is 0 Å².